The fourth-order valence-corrected chi connectivity index (χ4v) is 3.01. The number of carbonyl (C=O) groups excluding carboxylic acids is 1. The molecule has 3 saturated heterocycles. The van der Waals surface area contributed by atoms with Gasteiger partial charge in [-0.15, -0.1) is 0 Å². The minimum atomic E-state index is -0.759. The number of hydrogen-bond acceptors (Lipinski definition) is 7. The zero-order chi connectivity index (χ0) is 15.4. The van der Waals surface area contributed by atoms with Crippen molar-refractivity contribution >= 4 is 5.97 Å². The van der Waals surface area contributed by atoms with Crippen molar-refractivity contribution in [3.63, 3.8) is 0 Å². The van der Waals surface area contributed by atoms with Crippen LogP contribution < -0.4 is 0 Å². The van der Waals surface area contributed by atoms with E-state index in [1.165, 1.54) is 6.92 Å². The third-order valence-electron chi connectivity index (χ3n) is 3.73. The highest BCUT2D eigenvalue weighted by Gasteiger charge is 2.59. The van der Waals surface area contributed by atoms with Gasteiger partial charge in [-0.05, 0) is 27.7 Å². The van der Waals surface area contributed by atoms with E-state index in [-0.39, 0.29) is 12.1 Å². The standard InChI is InChI=1S/C14H22O7/c1-7(15)17-10-9(8-6-16-13(2,3)19-8)18-12-11(10)20-14(4,5)21-12/h8-12H,6H2,1-5H3/t8-,9?,10-,11+,12+/m1/s1. The van der Waals surface area contributed by atoms with Crippen LogP contribution in [-0.4, -0.2) is 54.9 Å². The first kappa shape index (κ1) is 15.2. The molecular weight excluding hydrogens is 280 g/mol. The molecule has 3 heterocycles. The molecule has 0 saturated carbocycles. The fourth-order valence-electron chi connectivity index (χ4n) is 3.01. The van der Waals surface area contributed by atoms with E-state index in [9.17, 15) is 4.79 Å². The van der Waals surface area contributed by atoms with E-state index in [4.69, 9.17) is 28.4 Å². The van der Waals surface area contributed by atoms with Crippen molar-refractivity contribution in [3.8, 4) is 0 Å². The van der Waals surface area contributed by atoms with E-state index < -0.39 is 36.2 Å². The summed E-state index contributed by atoms with van der Waals surface area (Å²) in [7, 11) is 0. The lowest BCUT2D eigenvalue weighted by Gasteiger charge is -2.28. The fraction of sp³-hybridized carbons (Fsp3) is 0.929. The summed E-state index contributed by atoms with van der Waals surface area (Å²) in [6.07, 6.45) is -2.40. The summed E-state index contributed by atoms with van der Waals surface area (Å²) in [5.41, 5.74) is 0. The van der Waals surface area contributed by atoms with Gasteiger partial charge in [0.25, 0.3) is 0 Å². The molecule has 3 fully saturated rings. The van der Waals surface area contributed by atoms with Gasteiger partial charge < -0.3 is 28.4 Å². The monoisotopic (exact) mass is 302 g/mol. The van der Waals surface area contributed by atoms with Gasteiger partial charge in [0.1, 0.15) is 12.2 Å². The molecule has 1 unspecified atom stereocenters. The third kappa shape index (κ3) is 2.93. The van der Waals surface area contributed by atoms with Gasteiger partial charge in [0.15, 0.2) is 30.1 Å². The maximum atomic E-state index is 11.4. The van der Waals surface area contributed by atoms with Crippen molar-refractivity contribution in [2.24, 2.45) is 0 Å². The highest BCUT2D eigenvalue weighted by atomic mass is 16.8. The molecule has 3 aliphatic heterocycles. The first-order valence-electron chi connectivity index (χ1n) is 7.17. The molecule has 0 radical (unpaired) electrons. The Morgan fingerprint density at radius 1 is 1.05 bits per heavy atom. The van der Waals surface area contributed by atoms with Gasteiger partial charge >= 0.3 is 5.97 Å². The molecule has 3 aliphatic rings. The number of esters is 1. The Labute approximate surface area is 123 Å². The molecule has 0 amide bonds. The number of carbonyl (C=O) groups is 1. The average molecular weight is 302 g/mol. The zero-order valence-corrected chi connectivity index (χ0v) is 13.0. The molecule has 0 bridgehead atoms. The first-order chi connectivity index (χ1) is 9.67. The second kappa shape index (κ2) is 4.89. The summed E-state index contributed by atoms with van der Waals surface area (Å²) in [5, 5.41) is 0. The molecular formula is C14H22O7. The Bertz CT molecular complexity index is 433. The van der Waals surface area contributed by atoms with Crippen molar-refractivity contribution in [3.05, 3.63) is 0 Å². The molecule has 21 heavy (non-hydrogen) atoms. The molecule has 0 aromatic heterocycles. The number of hydrogen-bond donors (Lipinski definition) is 0. The molecule has 0 spiro atoms. The molecule has 7 heteroatoms. The normalized spacial score (nSPS) is 43.8. The van der Waals surface area contributed by atoms with Crippen molar-refractivity contribution in [2.75, 3.05) is 6.61 Å². The highest BCUT2D eigenvalue weighted by Crippen LogP contribution is 2.41. The van der Waals surface area contributed by atoms with Crippen molar-refractivity contribution in [2.45, 2.75) is 76.9 Å². The quantitative estimate of drug-likeness (QED) is 0.703. The lowest BCUT2D eigenvalue weighted by Crippen LogP contribution is -2.44. The van der Waals surface area contributed by atoms with Crippen molar-refractivity contribution in [1.29, 1.82) is 0 Å². The molecule has 0 N–H and O–H groups in total. The van der Waals surface area contributed by atoms with Crippen LogP contribution >= 0.6 is 0 Å². The van der Waals surface area contributed by atoms with E-state index in [1.807, 2.05) is 13.8 Å². The van der Waals surface area contributed by atoms with Gasteiger partial charge in [-0.3, -0.25) is 4.79 Å². The van der Waals surface area contributed by atoms with E-state index in [2.05, 4.69) is 0 Å². The largest absolute Gasteiger partial charge is 0.457 e. The van der Waals surface area contributed by atoms with Crippen molar-refractivity contribution < 1.29 is 33.2 Å². The zero-order valence-electron chi connectivity index (χ0n) is 13.0. The summed E-state index contributed by atoms with van der Waals surface area (Å²) in [6.45, 7) is 9.00. The molecule has 7 nitrogen and oxygen atoms in total. The first-order valence-corrected chi connectivity index (χ1v) is 7.17. The van der Waals surface area contributed by atoms with Crippen LogP contribution in [0.15, 0.2) is 0 Å². The lowest BCUT2D eigenvalue weighted by atomic mass is 10.1. The minimum Gasteiger partial charge on any atom is -0.457 e. The SMILES string of the molecule is CC(=O)O[C@@H]1C([C@H]2COC(C)(C)O2)O[C@H]2OC(C)(C)O[C@H]21. The van der Waals surface area contributed by atoms with Crippen LogP contribution in [0.4, 0.5) is 0 Å². The summed E-state index contributed by atoms with van der Waals surface area (Å²) >= 11 is 0. The Morgan fingerprint density at radius 2 is 1.76 bits per heavy atom. The van der Waals surface area contributed by atoms with Gasteiger partial charge in [-0.25, -0.2) is 0 Å². The average Bonchev–Trinajstić information content (AvgIpc) is 2.90. The van der Waals surface area contributed by atoms with E-state index in [0.717, 1.165) is 0 Å². The van der Waals surface area contributed by atoms with Crippen LogP contribution in [0.1, 0.15) is 34.6 Å². The predicted octanol–water partition coefficient (Wildman–Crippen LogP) is 0.946. The summed E-state index contributed by atoms with van der Waals surface area (Å²) in [4.78, 5) is 11.4. The van der Waals surface area contributed by atoms with Crippen LogP contribution in [0.2, 0.25) is 0 Å². The maximum absolute atomic E-state index is 11.4. The molecule has 120 valence electrons. The van der Waals surface area contributed by atoms with Gasteiger partial charge in [0, 0.05) is 6.92 Å². The Hall–Kier alpha value is -0.730. The lowest BCUT2D eigenvalue weighted by molar-refractivity contribution is -0.235. The molecule has 3 rings (SSSR count). The van der Waals surface area contributed by atoms with Crippen LogP contribution in [0.25, 0.3) is 0 Å². The summed E-state index contributed by atoms with van der Waals surface area (Å²) in [5.74, 6) is -1.82. The number of ether oxygens (including phenoxy) is 6. The maximum Gasteiger partial charge on any atom is 0.303 e. The molecule has 0 aromatic rings. The smallest absolute Gasteiger partial charge is 0.303 e. The van der Waals surface area contributed by atoms with E-state index in [0.29, 0.717) is 6.61 Å². The molecule has 0 aromatic carbocycles. The van der Waals surface area contributed by atoms with Gasteiger partial charge in [0.05, 0.1) is 6.61 Å². The summed E-state index contributed by atoms with van der Waals surface area (Å²) in [6, 6.07) is 0. The van der Waals surface area contributed by atoms with Crippen LogP contribution in [0, 0.1) is 0 Å². The van der Waals surface area contributed by atoms with E-state index >= 15 is 0 Å². The number of fused-ring (bicyclic) bond motifs is 1. The van der Waals surface area contributed by atoms with Crippen LogP contribution in [-0.2, 0) is 33.2 Å². The topological polar surface area (TPSA) is 72.5 Å². The Morgan fingerprint density at radius 3 is 2.33 bits per heavy atom. The van der Waals surface area contributed by atoms with Crippen molar-refractivity contribution in [1.82, 2.24) is 0 Å². The molecule has 5 atom stereocenters. The Kier molecular flexibility index (Phi) is 3.53. The van der Waals surface area contributed by atoms with Gasteiger partial charge in [-0.2, -0.15) is 0 Å². The van der Waals surface area contributed by atoms with Gasteiger partial charge in [0.2, 0.25) is 0 Å². The third-order valence-corrected chi connectivity index (χ3v) is 3.73. The minimum absolute atomic E-state index is 0.328. The highest BCUT2D eigenvalue weighted by molar-refractivity contribution is 5.66. The van der Waals surface area contributed by atoms with E-state index in [1.54, 1.807) is 13.8 Å². The number of rotatable bonds is 2. The molecule has 0 aliphatic carbocycles. The van der Waals surface area contributed by atoms with Crippen LogP contribution in [0.5, 0.6) is 0 Å². The van der Waals surface area contributed by atoms with Crippen LogP contribution in [0.3, 0.4) is 0 Å². The predicted molar refractivity (Wildman–Crippen MR) is 69.2 cm³/mol. The van der Waals surface area contributed by atoms with Gasteiger partial charge in [-0.1, -0.05) is 0 Å². The summed E-state index contributed by atoms with van der Waals surface area (Å²) < 4.78 is 34.2. The second-order valence-electron chi connectivity index (χ2n) is 6.51. The second-order valence-corrected chi connectivity index (χ2v) is 6.51. The Balaban J connectivity index is 1.77.